The van der Waals surface area contributed by atoms with Crippen molar-refractivity contribution in [3.05, 3.63) is 35.9 Å². The van der Waals surface area contributed by atoms with Crippen molar-refractivity contribution in [1.29, 1.82) is 0 Å². The fraction of sp³-hybridized carbons (Fsp3) is 0.500. The second kappa shape index (κ2) is 10.9. The molecule has 6 nitrogen and oxygen atoms in total. The summed E-state index contributed by atoms with van der Waals surface area (Å²) in [7, 11) is 1.63. The number of rotatable bonds is 10. The van der Waals surface area contributed by atoms with Crippen LogP contribution in [-0.4, -0.2) is 47.9 Å². The van der Waals surface area contributed by atoms with Crippen LogP contribution in [0.2, 0.25) is 0 Å². The van der Waals surface area contributed by atoms with E-state index in [4.69, 9.17) is 14.6 Å². The van der Waals surface area contributed by atoms with Gasteiger partial charge in [0.15, 0.2) is 0 Å². The van der Waals surface area contributed by atoms with Crippen molar-refractivity contribution in [3.63, 3.8) is 0 Å². The molecule has 7 heteroatoms. The van der Waals surface area contributed by atoms with E-state index >= 15 is 0 Å². The van der Waals surface area contributed by atoms with Gasteiger partial charge in [-0.15, -0.1) is 0 Å². The van der Waals surface area contributed by atoms with E-state index < -0.39 is 18.1 Å². The van der Waals surface area contributed by atoms with Gasteiger partial charge >= 0.3 is 12.1 Å². The zero-order valence-corrected chi connectivity index (χ0v) is 14.2. The molecule has 2 N–H and O–H groups in total. The number of ether oxygens (including phenoxy) is 2. The van der Waals surface area contributed by atoms with Crippen molar-refractivity contribution in [2.24, 2.45) is 0 Å². The molecule has 0 spiro atoms. The molecular formula is C16H23NO5S. The minimum Gasteiger partial charge on any atom is -0.480 e. The van der Waals surface area contributed by atoms with Crippen LogP contribution in [0.1, 0.15) is 18.9 Å². The fourth-order valence-electron chi connectivity index (χ4n) is 1.68. The Morgan fingerprint density at radius 1 is 1.30 bits per heavy atom. The smallest absolute Gasteiger partial charge is 0.408 e. The molecular weight excluding hydrogens is 318 g/mol. The van der Waals surface area contributed by atoms with Gasteiger partial charge in [-0.2, -0.15) is 11.8 Å². The van der Waals surface area contributed by atoms with E-state index in [9.17, 15) is 9.59 Å². The summed E-state index contributed by atoms with van der Waals surface area (Å²) < 4.78 is 10.1. The molecule has 0 aromatic heterocycles. The second-order valence-corrected chi connectivity index (χ2v) is 6.16. The van der Waals surface area contributed by atoms with Gasteiger partial charge in [0, 0.05) is 12.9 Å². The lowest BCUT2D eigenvalue weighted by molar-refractivity contribution is -0.139. The van der Waals surface area contributed by atoms with E-state index in [1.807, 2.05) is 37.3 Å². The van der Waals surface area contributed by atoms with Crippen molar-refractivity contribution in [2.45, 2.75) is 32.1 Å². The second-order valence-electron chi connectivity index (χ2n) is 5.01. The number of carboxylic acid groups (broad SMARTS) is 1. The van der Waals surface area contributed by atoms with E-state index in [2.05, 4.69) is 5.32 Å². The largest absolute Gasteiger partial charge is 0.480 e. The van der Waals surface area contributed by atoms with Gasteiger partial charge in [-0.3, -0.25) is 0 Å². The van der Waals surface area contributed by atoms with E-state index in [1.165, 1.54) is 0 Å². The van der Waals surface area contributed by atoms with Crippen molar-refractivity contribution in [2.75, 3.05) is 18.6 Å². The van der Waals surface area contributed by atoms with E-state index in [-0.39, 0.29) is 12.7 Å². The number of carbonyl (C=O) groups excluding carboxylic acids is 1. The first-order valence-corrected chi connectivity index (χ1v) is 8.49. The van der Waals surface area contributed by atoms with Crippen LogP contribution in [0, 0.1) is 0 Å². The fourth-order valence-corrected chi connectivity index (χ4v) is 2.72. The van der Waals surface area contributed by atoms with Gasteiger partial charge in [-0.25, -0.2) is 9.59 Å². The number of alkyl carbamates (subject to hydrolysis) is 1. The summed E-state index contributed by atoms with van der Waals surface area (Å²) in [4.78, 5) is 22.9. The molecule has 0 fully saturated rings. The Kier molecular flexibility index (Phi) is 9.16. The highest BCUT2D eigenvalue weighted by molar-refractivity contribution is 7.99. The third kappa shape index (κ3) is 8.47. The maximum Gasteiger partial charge on any atom is 0.408 e. The van der Waals surface area contributed by atoms with Crippen LogP contribution >= 0.6 is 11.8 Å². The molecule has 0 aliphatic rings. The predicted octanol–water partition coefficient (Wildman–Crippen LogP) is 2.52. The quantitative estimate of drug-likeness (QED) is 0.636. The summed E-state index contributed by atoms with van der Waals surface area (Å²) in [5.74, 6) is 0.326. The number of thioether (sulfide) groups is 1. The van der Waals surface area contributed by atoms with Gasteiger partial charge in [0.2, 0.25) is 0 Å². The van der Waals surface area contributed by atoms with Crippen LogP contribution < -0.4 is 5.32 Å². The molecule has 0 aliphatic heterocycles. The van der Waals surface area contributed by atoms with E-state index in [1.54, 1.807) is 18.9 Å². The Morgan fingerprint density at radius 2 is 2.00 bits per heavy atom. The Morgan fingerprint density at radius 3 is 2.61 bits per heavy atom. The van der Waals surface area contributed by atoms with E-state index in [0.29, 0.717) is 12.2 Å². The number of benzene rings is 1. The lowest BCUT2D eigenvalue weighted by atomic mass is 10.2. The molecule has 0 aliphatic carbocycles. The van der Waals surface area contributed by atoms with E-state index in [0.717, 1.165) is 11.3 Å². The maximum atomic E-state index is 11.7. The molecule has 1 rings (SSSR count). The minimum atomic E-state index is -1.07. The van der Waals surface area contributed by atoms with Crippen molar-refractivity contribution in [1.82, 2.24) is 5.32 Å². The monoisotopic (exact) mass is 341 g/mol. The summed E-state index contributed by atoms with van der Waals surface area (Å²) in [6.07, 6.45) is -0.278. The lowest BCUT2D eigenvalue weighted by Crippen LogP contribution is -2.41. The topological polar surface area (TPSA) is 84.9 Å². The third-order valence-corrected chi connectivity index (χ3v) is 4.34. The minimum absolute atomic E-state index is 0.110. The zero-order chi connectivity index (χ0) is 17.1. The molecule has 2 atom stereocenters. The number of nitrogens with one attached hydrogen (secondary N) is 1. The maximum absolute atomic E-state index is 11.7. The number of carbonyl (C=O) groups is 2. The molecule has 0 bridgehead atoms. The number of aliphatic carboxylic acids is 1. The first-order valence-electron chi connectivity index (χ1n) is 7.33. The van der Waals surface area contributed by atoms with Gasteiger partial charge in [0.05, 0.1) is 6.10 Å². The highest BCUT2D eigenvalue weighted by atomic mass is 32.2. The normalized spacial score (nSPS) is 13.1. The molecule has 0 saturated carbocycles. The first kappa shape index (κ1) is 19.3. The van der Waals surface area contributed by atoms with Crippen molar-refractivity contribution < 1.29 is 24.2 Å². The molecule has 128 valence electrons. The molecule has 1 aromatic carbocycles. The van der Waals surface area contributed by atoms with Crippen LogP contribution in [0.5, 0.6) is 0 Å². The Labute approximate surface area is 140 Å². The van der Waals surface area contributed by atoms with Crippen molar-refractivity contribution in [3.8, 4) is 0 Å². The standard InChI is InChI=1S/C16H23NO5S/c1-12(21-2)11-23-9-8-14(15(18)19)17-16(20)22-10-13-6-4-3-5-7-13/h3-7,12,14H,8-11H2,1-2H3,(H,17,20)(H,18,19). The van der Waals surface area contributed by atoms with Crippen molar-refractivity contribution >= 4 is 23.8 Å². The van der Waals surface area contributed by atoms with Crippen LogP contribution in [0.3, 0.4) is 0 Å². The number of hydrogen-bond acceptors (Lipinski definition) is 5. The Bertz CT molecular complexity index is 483. The molecule has 2 unspecified atom stereocenters. The third-order valence-electron chi connectivity index (χ3n) is 3.11. The first-order chi connectivity index (χ1) is 11.0. The number of methoxy groups -OCH3 is 1. The highest BCUT2D eigenvalue weighted by Gasteiger charge is 2.20. The number of carboxylic acids is 1. The summed E-state index contributed by atoms with van der Waals surface area (Å²) in [5.41, 5.74) is 0.846. The molecule has 0 saturated heterocycles. The van der Waals surface area contributed by atoms with Gasteiger partial charge in [0.25, 0.3) is 0 Å². The number of amides is 1. The summed E-state index contributed by atoms with van der Waals surface area (Å²) in [5, 5.41) is 11.5. The van der Waals surface area contributed by atoms with Crippen LogP contribution in [-0.2, 0) is 20.9 Å². The summed E-state index contributed by atoms with van der Waals surface area (Å²) in [6.45, 7) is 2.06. The molecule has 0 heterocycles. The number of hydrogen-bond donors (Lipinski definition) is 2. The Hall–Kier alpha value is -1.73. The van der Waals surface area contributed by atoms with Gasteiger partial charge in [-0.1, -0.05) is 30.3 Å². The zero-order valence-electron chi connectivity index (χ0n) is 13.4. The molecule has 1 amide bonds. The lowest BCUT2D eigenvalue weighted by Gasteiger charge is -2.15. The summed E-state index contributed by atoms with van der Waals surface area (Å²) in [6, 6.07) is 8.25. The van der Waals surface area contributed by atoms with Crippen LogP contribution in [0.15, 0.2) is 30.3 Å². The molecule has 23 heavy (non-hydrogen) atoms. The van der Waals surface area contributed by atoms with Gasteiger partial charge < -0.3 is 19.9 Å². The molecule has 0 radical (unpaired) electrons. The summed E-state index contributed by atoms with van der Waals surface area (Å²) >= 11 is 1.59. The van der Waals surface area contributed by atoms with Gasteiger partial charge in [0.1, 0.15) is 12.6 Å². The SMILES string of the molecule is COC(C)CSCCC(NC(=O)OCc1ccccc1)C(=O)O. The van der Waals surface area contributed by atoms with Gasteiger partial charge in [-0.05, 0) is 24.7 Å². The molecule has 1 aromatic rings. The van der Waals surface area contributed by atoms with Crippen LogP contribution in [0.4, 0.5) is 4.79 Å². The Balaban J connectivity index is 2.31. The average Bonchev–Trinajstić information content (AvgIpc) is 2.56. The predicted molar refractivity (Wildman–Crippen MR) is 89.6 cm³/mol. The van der Waals surface area contributed by atoms with Crippen LogP contribution in [0.25, 0.3) is 0 Å². The highest BCUT2D eigenvalue weighted by Crippen LogP contribution is 2.09. The average molecular weight is 341 g/mol.